The third-order valence-electron chi connectivity index (χ3n) is 4.71. The zero-order chi connectivity index (χ0) is 21.6. The largest absolute Gasteiger partial charge is 0.405 e. The van der Waals surface area contributed by atoms with E-state index in [-0.39, 0.29) is 23.0 Å². The zero-order valence-electron chi connectivity index (χ0n) is 16.9. The SMILES string of the molecule is CC(C)Cc1cc(F)c(/C(N)=N/N)c(N2CCN(C(=O)/C(N)=C/C=C\N)CC2)c1. The lowest BCUT2D eigenvalue weighted by Gasteiger charge is -2.37. The topological polar surface area (TPSA) is 140 Å². The summed E-state index contributed by atoms with van der Waals surface area (Å²) >= 11 is 0. The number of hydrogen-bond donors (Lipinski definition) is 4. The summed E-state index contributed by atoms with van der Waals surface area (Å²) in [4.78, 5) is 16.1. The first-order valence-corrected chi connectivity index (χ1v) is 9.52. The van der Waals surface area contributed by atoms with Gasteiger partial charge in [0.1, 0.15) is 5.82 Å². The Bertz CT molecular complexity index is 824. The number of nitrogens with two attached hydrogens (primary N) is 4. The molecule has 1 aromatic rings. The zero-order valence-corrected chi connectivity index (χ0v) is 16.9. The first kappa shape index (κ1) is 22.1. The molecule has 1 aromatic carbocycles. The molecule has 0 atom stereocenters. The van der Waals surface area contributed by atoms with Gasteiger partial charge in [0.2, 0.25) is 0 Å². The van der Waals surface area contributed by atoms with Gasteiger partial charge in [-0.1, -0.05) is 13.8 Å². The number of hydrazone groups is 1. The molecule has 1 fully saturated rings. The minimum atomic E-state index is -0.455. The maximum Gasteiger partial charge on any atom is 0.269 e. The Balaban J connectivity index is 2.26. The van der Waals surface area contributed by atoms with Gasteiger partial charge in [-0.2, -0.15) is 5.10 Å². The standard InChI is InChI=1S/C20H30FN7O/c1-13(2)10-14-11-15(21)18(19(24)26-25)17(12-14)27-6-8-28(9-7-27)20(29)16(23)4-3-5-22/h3-5,11-13H,6-10,22-23,25H2,1-2H3,(H2,24,26)/b5-3-,16-4-. The summed E-state index contributed by atoms with van der Waals surface area (Å²) in [6.45, 7) is 6.03. The van der Waals surface area contributed by atoms with Gasteiger partial charge in [-0.15, -0.1) is 0 Å². The average molecular weight is 404 g/mol. The maximum absolute atomic E-state index is 14.8. The van der Waals surface area contributed by atoms with Crippen LogP contribution in [-0.2, 0) is 11.2 Å². The number of amidine groups is 1. The molecule has 158 valence electrons. The molecule has 1 aliphatic rings. The van der Waals surface area contributed by atoms with Crippen molar-refractivity contribution in [3.63, 3.8) is 0 Å². The normalized spacial score (nSPS) is 16.1. The van der Waals surface area contributed by atoms with Crippen molar-refractivity contribution in [3.05, 3.63) is 53.1 Å². The number of benzene rings is 1. The Hall–Kier alpha value is -3.23. The summed E-state index contributed by atoms with van der Waals surface area (Å²) in [5, 5.41) is 3.48. The van der Waals surface area contributed by atoms with Crippen molar-refractivity contribution in [2.24, 2.45) is 34.1 Å². The van der Waals surface area contributed by atoms with E-state index in [0.717, 1.165) is 12.0 Å². The number of amides is 1. The van der Waals surface area contributed by atoms with Crippen LogP contribution in [-0.4, -0.2) is 42.8 Å². The van der Waals surface area contributed by atoms with Crippen LogP contribution in [0.5, 0.6) is 0 Å². The number of allylic oxidation sites excluding steroid dienone is 2. The molecule has 0 bridgehead atoms. The lowest BCUT2D eigenvalue weighted by molar-refractivity contribution is -0.127. The molecule has 0 aromatic heterocycles. The molecular weight excluding hydrogens is 373 g/mol. The van der Waals surface area contributed by atoms with Crippen LogP contribution in [0.2, 0.25) is 0 Å². The summed E-state index contributed by atoms with van der Waals surface area (Å²) in [5.74, 6) is 4.92. The molecule has 1 aliphatic heterocycles. The summed E-state index contributed by atoms with van der Waals surface area (Å²) in [6, 6.07) is 3.40. The third kappa shape index (κ3) is 5.40. The van der Waals surface area contributed by atoms with Gasteiger partial charge in [-0.3, -0.25) is 4.79 Å². The van der Waals surface area contributed by atoms with Gasteiger partial charge in [0.15, 0.2) is 5.84 Å². The Morgan fingerprint density at radius 3 is 2.45 bits per heavy atom. The second-order valence-corrected chi connectivity index (χ2v) is 7.37. The van der Waals surface area contributed by atoms with E-state index in [1.54, 1.807) is 4.90 Å². The van der Waals surface area contributed by atoms with Gasteiger partial charge in [-0.05, 0) is 48.4 Å². The predicted octanol–water partition coefficient (Wildman–Crippen LogP) is 0.567. The molecule has 1 amide bonds. The van der Waals surface area contributed by atoms with Crippen LogP contribution < -0.4 is 27.9 Å². The van der Waals surface area contributed by atoms with Gasteiger partial charge in [0.05, 0.1) is 16.9 Å². The highest BCUT2D eigenvalue weighted by molar-refractivity contribution is 6.03. The van der Waals surface area contributed by atoms with E-state index < -0.39 is 5.82 Å². The highest BCUT2D eigenvalue weighted by atomic mass is 19.1. The van der Waals surface area contributed by atoms with Crippen molar-refractivity contribution in [1.29, 1.82) is 0 Å². The Morgan fingerprint density at radius 1 is 1.24 bits per heavy atom. The maximum atomic E-state index is 14.8. The summed E-state index contributed by atoms with van der Waals surface area (Å²) in [5.41, 5.74) is 18.8. The molecule has 8 N–H and O–H groups in total. The van der Waals surface area contributed by atoms with Crippen LogP contribution in [0.4, 0.5) is 10.1 Å². The van der Waals surface area contributed by atoms with Crippen LogP contribution in [0.25, 0.3) is 0 Å². The van der Waals surface area contributed by atoms with Gasteiger partial charge in [-0.25, -0.2) is 4.39 Å². The second-order valence-electron chi connectivity index (χ2n) is 7.37. The molecule has 1 heterocycles. The third-order valence-corrected chi connectivity index (χ3v) is 4.71. The molecule has 0 aliphatic carbocycles. The van der Waals surface area contributed by atoms with Crippen LogP contribution in [0.15, 0.2) is 41.3 Å². The van der Waals surface area contributed by atoms with Crippen molar-refractivity contribution in [1.82, 2.24) is 4.90 Å². The van der Waals surface area contributed by atoms with Crippen molar-refractivity contribution in [3.8, 4) is 0 Å². The highest BCUT2D eigenvalue weighted by Gasteiger charge is 2.26. The van der Waals surface area contributed by atoms with E-state index in [4.69, 9.17) is 23.0 Å². The smallest absolute Gasteiger partial charge is 0.269 e. The number of piperazine rings is 1. The van der Waals surface area contributed by atoms with Gasteiger partial charge >= 0.3 is 0 Å². The van der Waals surface area contributed by atoms with E-state index in [0.29, 0.717) is 37.8 Å². The van der Waals surface area contributed by atoms with E-state index in [1.165, 1.54) is 24.4 Å². The fourth-order valence-corrected chi connectivity index (χ4v) is 3.37. The molecule has 0 spiro atoms. The molecule has 0 unspecified atom stereocenters. The minimum absolute atomic E-state index is 0.0622. The lowest BCUT2D eigenvalue weighted by atomic mass is 9.98. The number of halogens is 1. The first-order valence-electron chi connectivity index (χ1n) is 9.52. The number of carbonyl (C=O) groups excluding carboxylic acids is 1. The van der Waals surface area contributed by atoms with Gasteiger partial charge in [0, 0.05) is 26.2 Å². The molecule has 0 radical (unpaired) electrons. The van der Waals surface area contributed by atoms with Crippen molar-refractivity contribution >= 4 is 17.4 Å². The molecule has 29 heavy (non-hydrogen) atoms. The number of anilines is 1. The molecule has 8 nitrogen and oxygen atoms in total. The molecular formula is C20H30FN7O. The summed E-state index contributed by atoms with van der Waals surface area (Å²) in [7, 11) is 0. The number of carbonyl (C=O) groups is 1. The van der Waals surface area contributed by atoms with E-state index in [9.17, 15) is 9.18 Å². The van der Waals surface area contributed by atoms with Gasteiger partial charge in [0.25, 0.3) is 5.91 Å². The van der Waals surface area contributed by atoms with E-state index in [2.05, 4.69) is 18.9 Å². The Labute approximate surface area is 170 Å². The first-order chi connectivity index (χ1) is 13.8. The monoisotopic (exact) mass is 403 g/mol. The van der Waals surface area contributed by atoms with Crippen molar-refractivity contribution in [2.75, 3.05) is 31.1 Å². The predicted molar refractivity (Wildman–Crippen MR) is 114 cm³/mol. The highest BCUT2D eigenvalue weighted by Crippen LogP contribution is 2.28. The van der Waals surface area contributed by atoms with E-state index in [1.807, 2.05) is 11.0 Å². The average Bonchev–Trinajstić information content (AvgIpc) is 2.70. The molecule has 2 rings (SSSR count). The Morgan fingerprint density at radius 2 is 1.90 bits per heavy atom. The summed E-state index contributed by atoms with van der Waals surface area (Å²) < 4.78 is 14.8. The van der Waals surface area contributed by atoms with Gasteiger partial charge < -0.3 is 32.8 Å². The number of nitrogens with zero attached hydrogens (tertiary/aromatic N) is 3. The van der Waals surface area contributed by atoms with Crippen molar-refractivity contribution in [2.45, 2.75) is 20.3 Å². The molecule has 1 saturated heterocycles. The van der Waals surface area contributed by atoms with Crippen LogP contribution >= 0.6 is 0 Å². The lowest BCUT2D eigenvalue weighted by Crippen LogP contribution is -2.50. The number of hydrogen-bond acceptors (Lipinski definition) is 6. The van der Waals surface area contributed by atoms with E-state index >= 15 is 0 Å². The molecule has 0 saturated carbocycles. The Kier molecular flexibility index (Phi) is 7.46. The fourth-order valence-electron chi connectivity index (χ4n) is 3.37. The van der Waals surface area contributed by atoms with Crippen molar-refractivity contribution < 1.29 is 9.18 Å². The fraction of sp³-hybridized carbons (Fsp3) is 0.400. The summed E-state index contributed by atoms with van der Waals surface area (Å²) in [6.07, 6.45) is 5.02. The second kappa shape index (κ2) is 9.81. The number of rotatable bonds is 6. The van der Waals surface area contributed by atoms with Crippen LogP contribution in [0.3, 0.4) is 0 Å². The quantitative estimate of drug-likeness (QED) is 0.137. The van der Waals surface area contributed by atoms with Crippen LogP contribution in [0.1, 0.15) is 25.0 Å². The minimum Gasteiger partial charge on any atom is -0.405 e. The molecule has 9 heteroatoms. The van der Waals surface area contributed by atoms with Crippen LogP contribution in [0, 0.1) is 11.7 Å².